The number of hydrogen-bond donors (Lipinski definition) is 1. The number of aromatic nitrogens is 1. The molecule has 0 bridgehead atoms. The second-order valence-electron chi connectivity index (χ2n) is 3.71. The lowest BCUT2D eigenvalue weighted by molar-refractivity contribution is 0.0701. The van der Waals surface area contributed by atoms with Gasteiger partial charge in [0.25, 0.3) is 0 Å². The molecule has 0 atom stereocenters. The van der Waals surface area contributed by atoms with Crippen LogP contribution in [0.1, 0.15) is 16.1 Å². The van der Waals surface area contributed by atoms with Crippen LogP contribution in [0.5, 0.6) is 0 Å². The first-order chi connectivity index (χ1) is 7.70. The lowest BCUT2D eigenvalue weighted by Gasteiger charge is -1.93. The van der Waals surface area contributed by atoms with Gasteiger partial charge in [-0.25, -0.2) is 4.79 Å². The van der Waals surface area contributed by atoms with Crippen LogP contribution < -0.4 is 0 Å². The van der Waals surface area contributed by atoms with E-state index in [1.54, 1.807) is 0 Å². The molecule has 2 heterocycles. The third-order valence-electron chi connectivity index (χ3n) is 2.74. The molecule has 3 nitrogen and oxygen atoms in total. The van der Waals surface area contributed by atoms with Crippen molar-refractivity contribution in [3.63, 3.8) is 0 Å². The molecule has 0 aliphatic carbocycles. The average molecular weight is 231 g/mol. The number of aromatic carboxylic acids is 1. The largest absolute Gasteiger partial charge is 0.478 e. The molecule has 3 rings (SSSR count). The third kappa shape index (κ3) is 1.05. The first kappa shape index (κ1) is 9.42. The number of carbonyl (C=O) groups is 1. The number of carboxylic acids is 1. The van der Waals surface area contributed by atoms with Crippen LogP contribution in [0.3, 0.4) is 0 Å². The van der Waals surface area contributed by atoms with E-state index in [-0.39, 0.29) is 0 Å². The van der Waals surface area contributed by atoms with Gasteiger partial charge in [-0.3, -0.25) is 0 Å². The van der Waals surface area contributed by atoms with E-state index in [1.165, 1.54) is 11.3 Å². The van der Waals surface area contributed by atoms with Crippen molar-refractivity contribution in [3.8, 4) is 0 Å². The maximum atomic E-state index is 11.3. The van der Waals surface area contributed by atoms with Gasteiger partial charge < -0.3 is 9.51 Å². The Balaban J connectivity index is 2.65. The summed E-state index contributed by atoms with van der Waals surface area (Å²) in [6.45, 7) is 1.99. The molecule has 0 unspecified atom stereocenters. The maximum Gasteiger partial charge on any atom is 0.339 e. The predicted octanol–water partition coefficient (Wildman–Crippen LogP) is 3.16. The first-order valence-electron chi connectivity index (χ1n) is 4.90. The van der Waals surface area contributed by atoms with Gasteiger partial charge in [-0.2, -0.15) is 0 Å². The second kappa shape index (κ2) is 3.09. The van der Waals surface area contributed by atoms with Crippen LogP contribution in [0.2, 0.25) is 0 Å². The fourth-order valence-corrected chi connectivity index (χ4v) is 3.13. The molecule has 0 fully saturated rings. The van der Waals surface area contributed by atoms with E-state index in [1.807, 2.05) is 41.0 Å². The van der Waals surface area contributed by atoms with Gasteiger partial charge in [0.2, 0.25) is 0 Å². The Labute approximate surface area is 95.6 Å². The molecule has 0 radical (unpaired) electrons. The van der Waals surface area contributed by atoms with Gasteiger partial charge in [-0.1, -0.05) is 18.2 Å². The van der Waals surface area contributed by atoms with Crippen molar-refractivity contribution >= 4 is 33.0 Å². The van der Waals surface area contributed by atoms with Crippen LogP contribution in [0, 0.1) is 6.92 Å². The monoisotopic (exact) mass is 231 g/mol. The number of rotatable bonds is 1. The van der Waals surface area contributed by atoms with E-state index >= 15 is 0 Å². The summed E-state index contributed by atoms with van der Waals surface area (Å²) in [6, 6.07) is 7.61. The molecule has 3 aromatic rings. The Bertz CT molecular complexity index is 708. The molecule has 2 aromatic heterocycles. The number of nitrogens with zero attached hydrogens (tertiary/aromatic N) is 1. The number of para-hydroxylation sites is 1. The van der Waals surface area contributed by atoms with E-state index in [4.69, 9.17) is 0 Å². The SMILES string of the molecule is Cc1csc2c(C(=O)O)c3ccccc3n12. The zero-order chi connectivity index (χ0) is 11.3. The Kier molecular flexibility index (Phi) is 1.82. The minimum Gasteiger partial charge on any atom is -0.478 e. The summed E-state index contributed by atoms with van der Waals surface area (Å²) < 4.78 is 2.00. The number of fused-ring (bicyclic) bond motifs is 3. The Hall–Kier alpha value is -1.81. The Morgan fingerprint density at radius 3 is 2.88 bits per heavy atom. The van der Waals surface area contributed by atoms with E-state index in [0.29, 0.717) is 5.56 Å². The van der Waals surface area contributed by atoms with Gasteiger partial charge in [0.15, 0.2) is 0 Å². The van der Waals surface area contributed by atoms with Crippen molar-refractivity contribution in [2.24, 2.45) is 0 Å². The van der Waals surface area contributed by atoms with Crippen LogP contribution in [0.15, 0.2) is 29.6 Å². The normalized spacial score (nSPS) is 11.3. The molecule has 0 saturated carbocycles. The molecule has 0 saturated heterocycles. The fourth-order valence-electron chi connectivity index (χ4n) is 2.08. The van der Waals surface area contributed by atoms with Crippen molar-refractivity contribution in [3.05, 3.63) is 40.9 Å². The molecule has 1 N–H and O–H groups in total. The van der Waals surface area contributed by atoms with Gasteiger partial charge in [0, 0.05) is 16.5 Å². The standard InChI is InChI=1S/C12H9NO2S/c1-7-6-16-11-10(12(14)15)8-4-2-3-5-9(8)13(7)11/h2-6H,1H3,(H,14,15). The summed E-state index contributed by atoms with van der Waals surface area (Å²) in [5.41, 5.74) is 2.45. The molecule has 80 valence electrons. The highest BCUT2D eigenvalue weighted by atomic mass is 32.1. The van der Waals surface area contributed by atoms with Crippen molar-refractivity contribution in [2.45, 2.75) is 6.92 Å². The van der Waals surface area contributed by atoms with Crippen LogP contribution in [-0.4, -0.2) is 15.5 Å². The molecular weight excluding hydrogens is 222 g/mol. The lowest BCUT2D eigenvalue weighted by Crippen LogP contribution is -1.94. The number of benzene rings is 1. The smallest absolute Gasteiger partial charge is 0.339 e. The predicted molar refractivity (Wildman–Crippen MR) is 64.5 cm³/mol. The van der Waals surface area contributed by atoms with E-state index in [0.717, 1.165) is 21.4 Å². The molecule has 1 aromatic carbocycles. The van der Waals surface area contributed by atoms with Crippen molar-refractivity contribution in [2.75, 3.05) is 0 Å². The average Bonchev–Trinajstić information content (AvgIpc) is 2.76. The van der Waals surface area contributed by atoms with Crippen LogP contribution in [0.25, 0.3) is 15.7 Å². The van der Waals surface area contributed by atoms with Crippen LogP contribution in [-0.2, 0) is 0 Å². The summed E-state index contributed by atoms with van der Waals surface area (Å²) in [4.78, 5) is 12.1. The number of aryl methyl sites for hydroxylation is 1. The van der Waals surface area contributed by atoms with Gasteiger partial charge >= 0.3 is 5.97 Å². The van der Waals surface area contributed by atoms with E-state index < -0.39 is 5.97 Å². The quantitative estimate of drug-likeness (QED) is 0.699. The lowest BCUT2D eigenvalue weighted by atomic mass is 10.2. The zero-order valence-electron chi connectivity index (χ0n) is 8.60. The number of carboxylic acid groups (broad SMARTS) is 1. The molecule has 0 amide bonds. The summed E-state index contributed by atoms with van der Waals surface area (Å²) in [7, 11) is 0. The summed E-state index contributed by atoms with van der Waals surface area (Å²) in [6.07, 6.45) is 0. The molecule has 0 aliphatic rings. The van der Waals surface area contributed by atoms with Gasteiger partial charge in [-0.05, 0) is 13.0 Å². The number of hydrogen-bond acceptors (Lipinski definition) is 2. The fraction of sp³-hybridized carbons (Fsp3) is 0.0833. The highest BCUT2D eigenvalue weighted by Crippen LogP contribution is 2.31. The highest BCUT2D eigenvalue weighted by molar-refractivity contribution is 7.16. The third-order valence-corrected chi connectivity index (χ3v) is 3.81. The van der Waals surface area contributed by atoms with Gasteiger partial charge in [-0.15, -0.1) is 11.3 Å². The molecule has 0 spiro atoms. The van der Waals surface area contributed by atoms with Crippen LogP contribution in [0.4, 0.5) is 0 Å². The van der Waals surface area contributed by atoms with Crippen molar-refractivity contribution in [1.82, 2.24) is 4.40 Å². The maximum absolute atomic E-state index is 11.3. The molecular formula is C12H9NO2S. The molecule has 0 aliphatic heterocycles. The number of thiazole rings is 1. The topological polar surface area (TPSA) is 41.7 Å². The minimum atomic E-state index is -0.861. The van der Waals surface area contributed by atoms with E-state index in [9.17, 15) is 9.90 Å². The van der Waals surface area contributed by atoms with Crippen molar-refractivity contribution in [1.29, 1.82) is 0 Å². The van der Waals surface area contributed by atoms with Gasteiger partial charge in [0.1, 0.15) is 10.4 Å². The summed E-state index contributed by atoms with van der Waals surface area (Å²) in [5.74, 6) is -0.861. The minimum absolute atomic E-state index is 0.411. The Morgan fingerprint density at radius 2 is 2.12 bits per heavy atom. The van der Waals surface area contributed by atoms with Crippen LogP contribution >= 0.6 is 11.3 Å². The molecule has 4 heteroatoms. The highest BCUT2D eigenvalue weighted by Gasteiger charge is 2.19. The second-order valence-corrected chi connectivity index (χ2v) is 4.57. The summed E-state index contributed by atoms with van der Waals surface area (Å²) >= 11 is 1.48. The van der Waals surface area contributed by atoms with Gasteiger partial charge in [0.05, 0.1) is 5.52 Å². The van der Waals surface area contributed by atoms with E-state index in [2.05, 4.69) is 0 Å². The van der Waals surface area contributed by atoms with Crippen molar-refractivity contribution < 1.29 is 9.90 Å². The zero-order valence-corrected chi connectivity index (χ0v) is 9.41. The molecule has 16 heavy (non-hydrogen) atoms. The summed E-state index contributed by atoms with van der Waals surface area (Å²) in [5, 5.41) is 12.1. The Morgan fingerprint density at radius 1 is 1.38 bits per heavy atom. The first-order valence-corrected chi connectivity index (χ1v) is 5.78.